The molecule has 24 heavy (non-hydrogen) atoms. The van der Waals surface area contributed by atoms with E-state index in [4.69, 9.17) is 0 Å². The molecule has 5 nitrogen and oxygen atoms in total. The Bertz CT molecular complexity index is 560. The molecule has 1 saturated heterocycles. The zero-order valence-corrected chi connectivity index (χ0v) is 15.6. The Morgan fingerprint density at radius 3 is 2.67 bits per heavy atom. The van der Waals surface area contributed by atoms with Gasteiger partial charge >= 0.3 is 0 Å². The van der Waals surface area contributed by atoms with Crippen LogP contribution >= 0.6 is 11.8 Å². The molecule has 0 bridgehead atoms. The van der Waals surface area contributed by atoms with Crippen molar-refractivity contribution in [2.45, 2.75) is 30.2 Å². The maximum atomic E-state index is 12.2. The largest absolute Gasteiger partial charge is 0.352 e. The number of amides is 2. The summed E-state index contributed by atoms with van der Waals surface area (Å²) in [7, 11) is 4.02. The zero-order chi connectivity index (χ0) is 17.5. The summed E-state index contributed by atoms with van der Waals surface area (Å²) in [5.74, 6) is 0.188. The van der Waals surface area contributed by atoms with Crippen LogP contribution in [0.4, 0.5) is 0 Å². The van der Waals surface area contributed by atoms with E-state index >= 15 is 0 Å². The van der Waals surface area contributed by atoms with E-state index in [-0.39, 0.29) is 17.9 Å². The molecule has 1 aliphatic rings. The molecule has 2 rings (SSSR count). The fraction of sp³-hybridized carbons (Fsp3) is 0.556. The minimum Gasteiger partial charge on any atom is -0.352 e. The van der Waals surface area contributed by atoms with Crippen LogP contribution in [0.3, 0.4) is 0 Å². The Kier molecular flexibility index (Phi) is 7.12. The van der Waals surface area contributed by atoms with Gasteiger partial charge in [0.2, 0.25) is 5.91 Å². The lowest BCUT2D eigenvalue weighted by Gasteiger charge is -2.26. The second kappa shape index (κ2) is 9.08. The Morgan fingerprint density at radius 2 is 2.04 bits per heavy atom. The maximum absolute atomic E-state index is 12.2. The summed E-state index contributed by atoms with van der Waals surface area (Å²) in [6.07, 6.45) is 4.35. The van der Waals surface area contributed by atoms with Gasteiger partial charge < -0.3 is 15.1 Å². The van der Waals surface area contributed by atoms with Crippen molar-refractivity contribution in [2.75, 3.05) is 40.0 Å². The molecular formula is C18H27N3O2S. The molecule has 0 spiro atoms. The highest BCUT2D eigenvalue weighted by molar-refractivity contribution is 7.98. The van der Waals surface area contributed by atoms with Gasteiger partial charge in [0.1, 0.15) is 0 Å². The lowest BCUT2D eigenvalue weighted by atomic mass is 10.1. The lowest BCUT2D eigenvalue weighted by molar-refractivity contribution is -0.129. The zero-order valence-electron chi connectivity index (χ0n) is 14.7. The van der Waals surface area contributed by atoms with Gasteiger partial charge in [-0.1, -0.05) is 0 Å². The number of thioether (sulfide) groups is 1. The van der Waals surface area contributed by atoms with E-state index in [0.717, 1.165) is 30.8 Å². The monoisotopic (exact) mass is 349 g/mol. The topological polar surface area (TPSA) is 52.7 Å². The number of likely N-dealkylation sites (tertiary alicyclic amines) is 1. The van der Waals surface area contributed by atoms with Gasteiger partial charge in [-0.15, -0.1) is 11.8 Å². The molecule has 0 unspecified atom stereocenters. The molecular weight excluding hydrogens is 322 g/mol. The summed E-state index contributed by atoms with van der Waals surface area (Å²) in [5, 5.41) is 2.97. The van der Waals surface area contributed by atoms with Crippen LogP contribution in [0.2, 0.25) is 0 Å². The van der Waals surface area contributed by atoms with Crippen molar-refractivity contribution in [3.05, 3.63) is 29.8 Å². The molecule has 1 heterocycles. The molecule has 1 aliphatic heterocycles. The molecule has 6 heteroatoms. The average Bonchev–Trinajstić information content (AvgIpc) is 2.93. The summed E-state index contributed by atoms with van der Waals surface area (Å²) in [6.45, 7) is 2.23. The molecule has 0 aliphatic carbocycles. The van der Waals surface area contributed by atoms with Gasteiger partial charge in [-0.25, -0.2) is 0 Å². The fourth-order valence-electron chi connectivity index (χ4n) is 2.91. The molecule has 1 aromatic carbocycles. The number of hydrogen-bond acceptors (Lipinski definition) is 4. The molecule has 1 aromatic rings. The van der Waals surface area contributed by atoms with Crippen LogP contribution in [0.5, 0.6) is 0 Å². The minimum atomic E-state index is -0.0492. The van der Waals surface area contributed by atoms with Crippen molar-refractivity contribution in [3.63, 3.8) is 0 Å². The van der Waals surface area contributed by atoms with E-state index in [1.54, 1.807) is 11.8 Å². The van der Waals surface area contributed by atoms with Crippen molar-refractivity contribution in [3.8, 4) is 0 Å². The molecule has 0 saturated carbocycles. The van der Waals surface area contributed by atoms with Crippen LogP contribution in [0, 0.1) is 0 Å². The van der Waals surface area contributed by atoms with Crippen LogP contribution in [0.15, 0.2) is 29.2 Å². The Labute approximate surface area is 148 Å². The normalized spacial score (nSPS) is 17.6. The minimum absolute atomic E-state index is 0.0492. The predicted molar refractivity (Wildman–Crippen MR) is 98.5 cm³/mol. The first-order valence-electron chi connectivity index (χ1n) is 8.37. The van der Waals surface area contributed by atoms with E-state index in [1.165, 1.54) is 0 Å². The first-order chi connectivity index (χ1) is 11.5. The van der Waals surface area contributed by atoms with E-state index in [9.17, 15) is 9.59 Å². The molecule has 1 fully saturated rings. The fourth-order valence-corrected chi connectivity index (χ4v) is 3.31. The second-order valence-electron chi connectivity index (χ2n) is 6.36. The first-order valence-corrected chi connectivity index (χ1v) is 9.60. The Hall–Kier alpha value is -1.53. The Balaban J connectivity index is 1.79. The number of carbonyl (C=O) groups excluding carboxylic acids is 2. The van der Waals surface area contributed by atoms with Crippen LogP contribution in [0.1, 0.15) is 29.6 Å². The number of hydrogen-bond donors (Lipinski definition) is 1. The quantitative estimate of drug-likeness (QED) is 0.730. The molecule has 0 aromatic heterocycles. The molecule has 0 radical (unpaired) electrons. The highest BCUT2D eigenvalue weighted by Gasteiger charge is 2.30. The number of carbonyl (C=O) groups is 2. The average molecular weight is 350 g/mol. The number of benzene rings is 1. The van der Waals surface area contributed by atoms with Crippen LogP contribution in [-0.4, -0.2) is 67.6 Å². The van der Waals surface area contributed by atoms with Crippen molar-refractivity contribution >= 4 is 23.6 Å². The van der Waals surface area contributed by atoms with Crippen molar-refractivity contribution in [1.29, 1.82) is 0 Å². The Morgan fingerprint density at radius 1 is 1.33 bits per heavy atom. The first kappa shape index (κ1) is 18.8. The van der Waals surface area contributed by atoms with Gasteiger partial charge in [0.05, 0.1) is 0 Å². The predicted octanol–water partition coefficient (Wildman–Crippen LogP) is 2.08. The number of rotatable bonds is 8. The second-order valence-corrected chi connectivity index (χ2v) is 7.24. The molecule has 2 amide bonds. The van der Waals surface area contributed by atoms with Crippen molar-refractivity contribution < 1.29 is 9.59 Å². The van der Waals surface area contributed by atoms with Gasteiger partial charge in [-0.2, -0.15) is 0 Å². The standard InChI is InChI=1S/C18H27N3O2S/c1-20(2)12-13-21-15(6-9-17(21)22)10-11-19-18(23)14-4-7-16(24-3)8-5-14/h4-5,7-8,15H,6,9-13H2,1-3H3,(H,19,23)/t15-/m1/s1. The SMILES string of the molecule is CSc1ccc(C(=O)NCC[C@H]2CCC(=O)N2CCN(C)C)cc1. The van der Waals surface area contributed by atoms with E-state index in [1.807, 2.05) is 49.5 Å². The molecule has 1 N–H and O–H groups in total. The van der Waals surface area contributed by atoms with Gasteiger partial charge in [0.25, 0.3) is 5.91 Å². The maximum Gasteiger partial charge on any atom is 0.251 e. The van der Waals surface area contributed by atoms with Gasteiger partial charge in [-0.05, 0) is 57.5 Å². The highest BCUT2D eigenvalue weighted by Crippen LogP contribution is 2.21. The van der Waals surface area contributed by atoms with E-state index in [2.05, 4.69) is 10.2 Å². The molecule has 132 valence electrons. The van der Waals surface area contributed by atoms with E-state index in [0.29, 0.717) is 18.5 Å². The lowest BCUT2D eigenvalue weighted by Crippen LogP contribution is -2.40. The van der Waals surface area contributed by atoms with Crippen LogP contribution < -0.4 is 5.32 Å². The summed E-state index contributed by atoms with van der Waals surface area (Å²) in [5.41, 5.74) is 0.680. The van der Waals surface area contributed by atoms with Crippen LogP contribution in [-0.2, 0) is 4.79 Å². The number of nitrogens with zero attached hydrogens (tertiary/aromatic N) is 2. The summed E-state index contributed by atoms with van der Waals surface area (Å²) in [4.78, 5) is 29.4. The molecule has 1 atom stereocenters. The summed E-state index contributed by atoms with van der Waals surface area (Å²) in [6, 6.07) is 7.86. The third-order valence-electron chi connectivity index (χ3n) is 4.36. The smallest absolute Gasteiger partial charge is 0.251 e. The van der Waals surface area contributed by atoms with Crippen molar-refractivity contribution in [1.82, 2.24) is 15.1 Å². The third-order valence-corrected chi connectivity index (χ3v) is 5.10. The number of nitrogens with one attached hydrogen (secondary N) is 1. The third kappa shape index (κ3) is 5.24. The van der Waals surface area contributed by atoms with Gasteiger partial charge in [0.15, 0.2) is 0 Å². The van der Waals surface area contributed by atoms with Crippen LogP contribution in [0.25, 0.3) is 0 Å². The van der Waals surface area contributed by atoms with E-state index < -0.39 is 0 Å². The summed E-state index contributed by atoms with van der Waals surface area (Å²) < 4.78 is 0. The van der Waals surface area contributed by atoms with Gasteiger partial charge in [0, 0.05) is 42.6 Å². The highest BCUT2D eigenvalue weighted by atomic mass is 32.2. The number of likely N-dealkylation sites (N-methyl/N-ethyl adjacent to an activating group) is 1. The van der Waals surface area contributed by atoms with Crippen molar-refractivity contribution in [2.24, 2.45) is 0 Å². The van der Waals surface area contributed by atoms with Gasteiger partial charge in [-0.3, -0.25) is 9.59 Å². The summed E-state index contributed by atoms with van der Waals surface area (Å²) >= 11 is 1.66.